The van der Waals surface area contributed by atoms with Crippen LogP contribution in [0.15, 0.2) is 139 Å². The van der Waals surface area contributed by atoms with Crippen molar-refractivity contribution in [2.45, 2.75) is 131 Å². The van der Waals surface area contributed by atoms with E-state index in [4.69, 9.17) is 40.4 Å². The maximum atomic E-state index is 11.4. The van der Waals surface area contributed by atoms with Gasteiger partial charge in [0.05, 0.1) is 13.4 Å². The number of carbonyl (C=O) groups excluding carboxylic acids is 2. The third-order valence-electron chi connectivity index (χ3n) is 19.3. The van der Waals surface area contributed by atoms with Crippen LogP contribution in [0.5, 0.6) is 0 Å². The predicted octanol–water partition coefficient (Wildman–Crippen LogP) is 18.4. The predicted molar refractivity (Wildman–Crippen MR) is 530 cm³/mol. The van der Waals surface area contributed by atoms with Crippen LogP contribution in [-0.2, 0) is 23.9 Å². The van der Waals surface area contributed by atoms with Gasteiger partial charge >= 0.3 is 85.5 Å². The first-order valence-corrected chi connectivity index (χ1v) is 45.8. The maximum absolute atomic E-state index is 11.4. The van der Waals surface area contributed by atoms with Crippen LogP contribution in [0.1, 0.15) is 147 Å². The SMILES string of the molecule is COC(=O)c1cc2c(P)c(C)cc(C)c2o1.Cc1cc(C)c2oc(C(=O)O)cc2c1P.Cc1cc(C)c2oc(C(Br)(Br)Br)cc2c1P.Cc1cc(C)c2oc(C(Br)Br)cc2c1P.Cc1cc(C)c2oc(C=O)cc2c1P.Cc1cc(C)c2occc2c1P.Cc1cc2c(P)c(C)cc(C)c2o1.Cc1cc2c(P)c(C)cc(C)c2o1.[CH2]=[V].[F-].[K+]. The first kappa shape index (κ1) is 103. The third kappa shape index (κ3) is 24.2. The molecule has 0 amide bonds. The van der Waals surface area contributed by atoms with Crippen molar-refractivity contribution in [3.05, 3.63) is 233 Å². The van der Waals surface area contributed by atoms with Gasteiger partial charge in [0.2, 0.25) is 11.5 Å². The van der Waals surface area contributed by atoms with Crippen molar-refractivity contribution < 1.29 is 133 Å². The minimum atomic E-state index is -1.03. The van der Waals surface area contributed by atoms with E-state index in [9.17, 15) is 14.4 Å². The molecule has 16 aromatic rings. The molecule has 0 radical (unpaired) electrons. The molecule has 0 saturated carbocycles. The van der Waals surface area contributed by atoms with Gasteiger partial charge in [0.25, 0.3) is 0 Å². The summed E-state index contributed by atoms with van der Waals surface area (Å²) in [6, 6.07) is 32.2. The Morgan fingerprint density at radius 2 is 0.669 bits per heavy atom. The molecule has 8 atom stereocenters. The zero-order valence-corrected chi connectivity index (χ0v) is 91.0. The van der Waals surface area contributed by atoms with Gasteiger partial charge in [-0.25, -0.2) is 9.59 Å². The second-order valence-corrected chi connectivity index (χ2v) is 42.8. The van der Waals surface area contributed by atoms with Gasteiger partial charge in [-0.3, -0.25) is 4.79 Å². The number of alkyl halides is 5. The number of carboxylic acids is 1. The molecule has 0 aliphatic rings. The van der Waals surface area contributed by atoms with E-state index in [1.807, 2.05) is 79.7 Å². The monoisotopic (exact) mass is 2120 g/mol. The number of aryl methyl sites for hydroxylation is 18. The number of esters is 1. The summed E-state index contributed by atoms with van der Waals surface area (Å²) in [6.45, 7) is 36.8. The Balaban J connectivity index is 0.000000208. The molecule has 0 spiro atoms. The molecule has 8 aromatic heterocycles. The number of hydrogen-bond donors (Lipinski definition) is 1. The second kappa shape index (κ2) is 44.6. The zero-order chi connectivity index (χ0) is 86.5. The minimum Gasteiger partial charge on any atom is -1.00 e. The van der Waals surface area contributed by atoms with Gasteiger partial charge in [-0.15, -0.1) is 73.9 Å². The van der Waals surface area contributed by atoms with E-state index in [1.165, 1.54) is 111 Å². The zero-order valence-electron chi connectivity index (χ0n) is 69.4. The van der Waals surface area contributed by atoms with Crippen molar-refractivity contribution in [3.63, 3.8) is 0 Å². The molecule has 0 saturated heterocycles. The number of carboxylic acid groups (broad SMARTS) is 1. The van der Waals surface area contributed by atoms with Crippen molar-refractivity contribution in [2.75, 3.05) is 7.11 Å². The molecule has 0 bridgehead atoms. The van der Waals surface area contributed by atoms with Crippen LogP contribution in [-0.4, -0.2) is 35.7 Å². The number of furan rings is 8. The fourth-order valence-electron chi connectivity index (χ4n) is 13.4. The van der Waals surface area contributed by atoms with Gasteiger partial charge in [0, 0.05) is 43.1 Å². The van der Waals surface area contributed by atoms with E-state index >= 15 is 0 Å². The topological polar surface area (TPSA) is 186 Å². The molecular weight excluding hydrogens is 2030 g/mol. The number of fused-ring (bicyclic) bond motifs is 8. The first-order chi connectivity index (χ1) is 54.4. The molecule has 0 fully saturated rings. The molecule has 617 valence electrons. The summed E-state index contributed by atoms with van der Waals surface area (Å²) in [7, 11) is 23.2. The van der Waals surface area contributed by atoms with E-state index in [-0.39, 0.29) is 71.3 Å². The number of rotatable bonds is 4. The van der Waals surface area contributed by atoms with Crippen LogP contribution < -0.4 is 98.5 Å². The quantitative estimate of drug-likeness (QED) is 0.0577. The van der Waals surface area contributed by atoms with Gasteiger partial charge in [-0.05, 0) is 305 Å². The molecule has 13 nitrogen and oxygen atoms in total. The fourth-order valence-corrected chi connectivity index (χ4v) is 16.8. The molecule has 29 heteroatoms. The average molecular weight is 2130 g/mol. The van der Waals surface area contributed by atoms with Crippen LogP contribution in [0, 0.1) is 125 Å². The van der Waals surface area contributed by atoms with Crippen LogP contribution in [0.2, 0.25) is 0 Å². The Hall–Kier alpha value is -3.45. The molecule has 1 N–H and O–H groups in total. The number of aldehydes is 1. The number of hydrogen-bond acceptors (Lipinski definition) is 12. The van der Waals surface area contributed by atoms with E-state index in [0.717, 1.165) is 139 Å². The molecule has 8 unspecified atom stereocenters. The van der Waals surface area contributed by atoms with Crippen LogP contribution >= 0.6 is 154 Å². The molecule has 8 aromatic carbocycles. The van der Waals surface area contributed by atoms with Gasteiger partial charge in [0.1, 0.15) is 71.4 Å². The number of aromatic carboxylic acids is 1. The van der Waals surface area contributed by atoms with Crippen molar-refractivity contribution in [1.82, 2.24) is 0 Å². The van der Waals surface area contributed by atoms with Gasteiger partial charge < -0.3 is 49.9 Å². The van der Waals surface area contributed by atoms with E-state index in [1.54, 1.807) is 24.5 Å². The Morgan fingerprint density at radius 3 is 1.01 bits per heavy atom. The van der Waals surface area contributed by atoms with E-state index in [0.29, 0.717) is 11.3 Å². The number of methoxy groups -OCH3 is 1. The summed E-state index contributed by atoms with van der Waals surface area (Å²) in [5.41, 5.74) is 26.1. The summed E-state index contributed by atoms with van der Waals surface area (Å²) >= 11 is 19.3. The largest absolute Gasteiger partial charge is 1.00 e. The van der Waals surface area contributed by atoms with Crippen molar-refractivity contribution in [2.24, 2.45) is 0 Å². The molecule has 0 aliphatic carbocycles. The normalized spacial score (nSPS) is 10.8. The van der Waals surface area contributed by atoms with Crippen LogP contribution in [0.25, 0.3) is 87.8 Å². The molecular formula is C89H95Br5FKO13P8V. The van der Waals surface area contributed by atoms with Gasteiger partial charge in [0.15, 0.2) is 14.2 Å². The maximum Gasteiger partial charge on any atom is 1.00 e. The number of halogens is 6. The van der Waals surface area contributed by atoms with Crippen molar-refractivity contribution in [1.29, 1.82) is 0 Å². The smallest absolute Gasteiger partial charge is 1.00 e. The summed E-state index contributed by atoms with van der Waals surface area (Å²) in [4.78, 5) is 32.7. The van der Waals surface area contributed by atoms with Crippen LogP contribution in [0.3, 0.4) is 0 Å². The molecule has 8 heterocycles. The summed E-state index contributed by atoms with van der Waals surface area (Å²) < 4.78 is 48.6. The minimum absolute atomic E-state index is 0. The number of benzene rings is 8. The van der Waals surface area contributed by atoms with E-state index in [2.05, 4.69) is 304 Å². The Morgan fingerprint density at radius 1 is 0.390 bits per heavy atom. The molecule has 0 aliphatic heterocycles. The standard InChI is InChI=1S/C12H13O3P.C11H10Br3OP.C11H11Br2OP.C11H11O3P.C11H11O2P.2C11H13OP.C10H11OP.CH2.FH.K.V/c1-6-4-7(2)11(16)8-5-9(12(13)14-3)15-10(6)8;1-5-3-6(2)10(16)7-4-8(11(12,13)14)15-9(5)7;2*1-5-3-6(2)10(15)7-4-8(11(12)13)14-9(5)7;1-6-3-7(2)11(14)9-4-8(5-12)13-10(6)9;2*1-6-4-7(2)11(13)9-5-8(3)12-10(6)9;1-6-5-7(2)10(12)8-3-4-11-9(6)8;;;;/h4-5H,16H2,1-3H3;3-4H,16H2,1-2H3;3-4,11H,15H2,1-2H3;3-4H,15H2,1-2H3,(H,12,13);3-5H,14H2,1-2H3;2*4-5H,13H2,1-3H3;3-5H,12H2,1-2H3;1H2;1H;;/q;;;;;;;;;;+1;/p-1. The molecule has 118 heavy (non-hydrogen) atoms. The Kier molecular flexibility index (Phi) is 39.1. The van der Waals surface area contributed by atoms with Gasteiger partial charge in [-0.1, -0.05) is 128 Å². The van der Waals surface area contributed by atoms with Crippen molar-refractivity contribution in [3.8, 4) is 0 Å². The summed E-state index contributed by atoms with van der Waals surface area (Å²) in [5.74, 6) is 2.81. The van der Waals surface area contributed by atoms with Gasteiger partial charge in [-0.2, -0.15) is 0 Å². The summed E-state index contributed by atoms with van der Waals surface area (Å²) in [5, 5.41) is 30.1. The van der Waals surface area contributed by atoms with Crippen molar-refractivity contribution >= 4 is 307 Å². The molecule has 16 rings (SSSR count). The second-order valence-electron chi connectivity index (χ2n) is 28.3. The average Bonchev–Trinajstić information content (AvgIpc) is 1.64. The summed E-state index contributed by atoms with van der Waals surface area (Å²) in [6.07, 6.45) is 2.48. The third-order valence-corrected chi connectivity index (χ3v) is 27.5. The van der Waals surface area contributed by atoms with Crippen LogP contribution in [0.4, 0.5) is 0 Å². The fraction of sp³-hybridized carbons (Fsp3) is 0.236. The number of ether oxygens (including phenoxy) is 1. The van der Waals surface area contributed by atoms with E-state index < -0.39 is 14.1 Å². The number of carbonyl (C=O) groups is 3. The Labute approximate surface area is 800 Å². The first-order valence-electron chi connectivity index (χ1n) is 36.0. The Bertz CT molecular complexity index is 6330.